The Morgan fingerprint density at radius 2 is 1.44 bits per heavy atom. The van der Waals surface area contributed by atoms with Gasteiger partial charge in [0.2, 0.25) is 11.6 Å². The fourth-order valence-electron chi connectivity index (χ4n) is 13.0. The number of carboxylic acids is 1. The standard InChI is InChI=1S/C70H73N9O14S3/c1-40(2)31-33-78-56-27-15-46-36-51(95(87,88)89)23-25-53(46)60(56)69(4,5)58(78)29-17-43-9-8-10-44(18-30-59-70(6,7)61-54-26-24-52(96(90,91)92)37-47(54)16-28-57(61)79(59)34-32-41(3)94(84,85)86)63(43)93-50-21-11-42(12-22-50)35-55(67(82)83)75-65(80)45-13-19-48(20-14-45)72-38-49-39-73-64-62(74-49)66(81)77-68(71)76-64/h11-30,36-37,39-41,55H,8-10,31-35,38H2,1-7H3,(H8-,71,72,73,75,76,77,80,81,82,83,84,85,86,87,88,89,90,91,92)/p+1. The van der Waals surface area contributed by atoms with Gasteiger partial charge < -0.3 is 31.1 Å². The summed E-state index contributed by atoms with van der Waals surface area (Å²) in [7, 11) is -13.4. The number of hydrogen-bond donors (Lipinski definition) is 8. The average molecular weight is 1360 g/mol. The van der Waals surface area contributed by atoms with E-state index in [1.54, 1.807) is 66.7 Å². The number of carbonyl (C=O) groups excluding carboxylic acids is 1. The van der Waals surface area contributed by atoms with Gasteiger partial charge in [-0.3, -0.25) is 28.2 Å². The van der Waals surface area contributed by atoms with E-state index in [4.69, 9.17) is 10.5 Å². The number of nitrogens with two attached hydrogens (primary N) is 1. The monoisotopic (exact) mass is 1360 g/mol. The number of H-pyrrole nitrogens is 1. The third-order valence-electron chi connectivity index (χ3n) is 18.1. The number of benzene rings is 6. The Balaban J connectivity index is 0.927. The van der Waals surface area contributed by atoms with Crippen molar-refractivity contribution in [2.24, 2.45) is 5.92 Å². The molecule has 0 saturated carbocycles. The van der Waals surface area contributed by atoms with Crippen molar-refractivity contribution in [2.45, 2.75) is 125 Å². The summed E-state index contributed by atoms with van der Waals surface area (Å²) in [6.45, 7) is 15.1. The first kappa shape index (κ1) is 68.0. The van der Waals surface area contributed by atoms with E-state index in [-0.39, 0.29) is 58.4 Å². The lowest BCUT2D eigenvalue weighted by Crippen LogP contribution is -2.42. The number of allylic oxidation sites excluding steroid dienone is 7. The van der Waals surface area contributed by atoms with E-state index < -0.39 is 69.9 Å². The van der Waals surface area contributed by atoms with Crippen molar-refractivity contribution in [2.75, 3.05) is 29.0 Å². The number of anilines is 3. The molecule has 23 nitrogen and oxygen atoms in total. The van der Waals surface area contributed by atoms with Crippen LogP contribution in [0, 0.1) is 5.92 Å². The van der Waals surface area contributed by atoms with Crippen LogP contribution in [0.2, 0.25) is 0 Å². The molecular formula is C70H74N9O14S3+. The fourth-order valence-corrected chi connectivity index (χ4v) is 14.4. The smallest absolute Gasteiger partial charge is 0.326 e. The lowest BCUT2D eigenvalue weighted by Gasteiger charge is -2.28. The topological polar surface area (TPSA) is 355 Å². The molecule has 2 aromatic heterocycles. The van der Waals surface area contributed by atoms with E-state index in [0.29, 0.717) is 76.3 Å². The number of fused-ring (bicyclic) bond motifs is 7. The number of nitrogens with zero attached hydrogens (tertiary/aromatic N) is 5. The molecule has 1 amide bonds. The van der Waals surface area contributed by atoms with Gasteiger partial charge in [0.1, 0.15) is 17.6 Å². The van der Waals surface area contributed by atoms with Crippen molar-refractivity contribution in [3.63, 3.8) is 0 Å². The third kappa shape index (κ3) is 14.1. The lowest BCUT2D eigenvalue weighted by atomic mass is 9.78. The number of ether oxygens (including phenoxy) is 1. The van der Waals surface area contributed by atoms with Crippen molar-refractivity contribution in [3.05, 3.63) is 201 Å². The van der Waals surface area contributed by atoms with Gasteiger partial charge in [-0.1, -0.05) is 64.1 Å². The summed E-state index contributed by atoms with van der Waals surface area (Å²) in [5.74, 6) is -0.615. The van der Waals surface area contributed by atoms with E-state index in [0.717, 1.165) is 56.9 Å². The van der Waals surface area contributed by atoms with Crippen LogP contribution >= 0.6 is 0 Å². The summed E-state index contributed by atoms with van der Waals surface area (Å²) < 4.78 is 113. The molecule has 0 spiro atoms. The minimum Gasteiger partial charge on any atom is -0.480 e. The molecule has 4 heterocycles. The molecule has 0 radical (unpaired) electrons. The van der Waals surface area contributed by atoms with Crippen LogP contribution in [0.25, 0.3) is 32.7 Å². The molecule has 8 aromatic rings. The second kappa shape index (κ2) is 26.3. The minimum atomic E-state index is -4.54. The van der Waals surface area contributed by atoms with Crippen LogP contribution in [0.3, 0.4) is 0 Å². The molecule has 2 aliphatic heterocycles. The molecule has 11 rings (SSSR count). The maximum Gasteiger partial charge on any atom is 0.326 e. The SMILES string of the molecule is CC(C)CCN1C(=CC=C2CCCC(C=CC3=[N+](CCC(C)S(=O)(=O)O)c4ccc5cc(S(=O)(=O)O)ccc5c4C3(C)C)=C2Oc2ccc(CC(NC(=O)c3ccc(NCc4cnc5nc(N)[nH]c(=O)c5n4)cc3)C(=O)O)cc2)C(C)(C)c2c1ccc1cc(S(=O)(=O)O)ccc21. The van der Waals surface area contributed by atoms with Crippen molar-refractivity contribution < 1.29 is 62.9 Å². The molecule has 0 saturated heterocycles. The molecule has 3 aliphatic rings. The quantitative estimate of drug-likeness (QED) is 0.0231. The average Bonchev–Trinajstić information content (AvgIpc) is 1.54. The van der Waals surface area contributed by atoms with Crippen molar-refractivity contribution >= 4 is 104 Å². The van der Waals surface area contributed by atoms with E-state index in [1.165, 1.54) is 37.4 Å². The van der Waals surface area contributed by atoms with Gasteiger partial charge in [-0.15, -0.1) is 0 Å². The summed E-state index contributed by atoms with van der Waals surface area (Å²) in [6.07, 6.45) is 12.3. The number of hydrogen-bond acceptors (Lipinski definition) is 16. The van der Waals surface area contributed by atoms with Crippen molar-refractivity contribution in [3.8, 4) is 5.75 Å². The van der Waals surface area contributed by atoms with E-state index in [9.17, 15) is 58.4 Å². The highest BCUT2D eigenvalue weighted by Crippen LogP contribution is 2.52. The van der Waals surface area contributed by atoms with Gasteiger partial charge in [0.05, 0.1) is 38.9 Å². The number of aliphatic carboxylic acids is 1. The van der Waals surface area contributed by atoms with E-state index >= 15 is 0 Å². The van der Waals surface area contributed by atoms with E-state index in [1.807, 2.05) is 48.8 Å². The molecule has 0 bridgehead atoms. The van der Waals surface area contributed by atoms with Crippen molar-refractivity contribution in [1.29, 1.82) is 0 Å². The maximum atomic E-state index is 13.6. The number of nitrogens with one attached hydrogen (secondary N) is 3. The van der Waals surface area contributed by atoms with Crippen LogP contribution in [0.1, 0.15) is 113 Å². The highest BCUT2D eigenvalue weighted by atomic mass is 32.2. The van der Waals surface area contributed by atoms with Crippen LogP contribution in [-0.4, -0.2) is 110 Å². The number of carbonyl (C=O) groups is 2. The Kier molecular flexibility index (Phi) is 18.6. The lowest BCUT2D eigenvalue weighted by molar-refractivity contribution is -0.438. The zero-order valence-corrected chi connectivity index (χ0v) is 56.2. The summed E-state index contributed by atoms with van der Waals surface area (Å²) in [6, 6.07) is 28.5. The number of amides is 1. The molecule has 9 N–H and O–H groups in total. The molecule has 2 atom stereocenters. The van der Waals surface area contributed by atoms with Crippen LogP contribution in [-0.2, 0) is 58.9 Å². The fraction of sp³-hybridized carbons (Fsp3) is 0.300. The number of rotatable bonds is 22. The minimum absolute atomic E-state index is 0.0286. The third-order valence-corrected chi connectivity index (χ3v) is 21.0. The molecule has 0 fully saturated rings. The Hall–Kier alpha value is -9.44. The summed E-state index contributed by atoms with van der Waals surface area (Å²) in [4.78, 5) is 55.5. The molecule has 500 valence electrons. The summed E-state index contributed by atoms with van der Waals surface area (Å²) >= 11 is 0. The largest absolute Gasteiger partial charge is 0.480 e. The molecule has 2 unspecified atom stereocenters. The van der Waals surface area contributed by atoms with Gasteiger partial charge in [-0.2, -0.15) is 34.8 Å². The number of aromatic nitrogens is 4. The van der Waals surface area contributed by atoms with Gasteiger partial charge in [0, 0.05) is 65.1 Å². The van der Waals surface area contributed by atoms with Gasteiger partial charge in [-0.25, -0.2) is 14.8 Å². The van der Waals surface area contributed by atoms with Gasteiger partial charge >= 0.3 is 5.97 Å². The molecule has 6 aromatic carbocycles. The highest BCUT2D eigenvalue weighted by Gasteiger charge is 2.46. The Bertz CT molecular complexity index is 5080. The molecule has 1 aliphatic carbocycles. The molecular weight excluding hydrogens is 1290 g/mol. The first-order valence-electron chi connectivity index (χ1n) is 31.2. The summed E-state index contributed by atoms with van der Waals surface area (Å²) in [5.41, 5.74) is 12.6. The van der Waals surface area contributed by atoms with Crippen LogP contribution < -0.4 is 31.6 Å². The predicted molar refractivity (Wildman–Crippen MR) is 368 cm³/mol. The predicted octanol–water partition coefficient (Wildman–Crippen LogP) is 10.9. The second-order valence-corrected chi connectivity index (χ2v) is 30.6. The molecule has 26 heteroatoms. The van der Waals surface area contributed by atoms with Gasteiger partial charge in [0.15, 0.2) is 23.4 Å². The number of nitrogen functional groups attached to an aromatic ring is 1. The van der Waals surface area contributed by atoms with Crippen LogP contribution in [0.4, 0.5) is 23.0 Å². The van der Waals surface area contributed by atoms with Gasteiger partial charge in [0.25, 0.3) is 41.8 Å². The van der Waals surface area contributed by atoms with E-state index in [2.05, 4.69) is 75.3 Å². The molecule has 96 heavy (non-hydrogen) atoms. The maximum absolute atomic E-state index is 13.6. The van der Waals surface area contributed by atoms with Crippen LogP contribution in [0.15, 0.2) is 177 Å². The Morgan fingerprint density at radius 3 is 2.07 bits per heavy atom. The zero-order chi connectivity index (χ0) is 69.0. The van der Waals surface area contributed by atoms with Crippen molar-refractivity contribution in [1.82, 2.24) is 25.3 Å². The highest BCUT2D eigenvalue weighted by molar-refractivity contribution is 7.86. The summed E-state index contributed by atoms with van der Waals surface area (Å²) in [5, 5.41) is 17.9. The zero-order valence-electron chi connectivity index (χ0n) is 53.8. The normalized spacial score (nSPS) is 17.1. The van der Waals surface area contributed by atoms with Gasteiger partial charge in [-0.05, 0) is 181 Å². The second-order valence-electron chi connectivity index (χ2n) is 25.9. The number of carboxylic acid groups (broad SMARTS) is 1. The van der Waals surface area contributed by atoms with Crippen LogP contribution in [0.5, 0.6) is 5.75 Å². The first-order chi connectivity index (χ1) is 45.3. The Morgan fingerprint density at radius 1 is 0.781 bits per heavy atom. The number of aromatic amines is 1. The first-order valence-corrected chi connectivity index (χ1v) is 35.6. The Labute approximate surface area is 555 Å².